The lowest BCUT2D eigenvalue weighted by Crippen LogP contribution is -2.29. The number of nitrogens with one attached hydrogen (secondary N) is 1. The van der Waals surface area contributed by atoms with Crippen LogP contribution in [0.4, 0.5) is 5.69 Å². The Bertz CT molecular complexity index is 867. The minimum absolute atomic E-state index is 0.251. The smallest absolute Gasteiger partial charge is 0.231 e. The maximum Gasteiger partial charge on any atom is 0.231 e. The minimum Gasteiger partial charge on any atom is -0.454 e. The van der Waals surface area contributed by atoms with E-state index in [1.807, 2.05) is 6.07 Å². The number of hydrogen-bond donors (Lipinski definition) is 1. The zero-order valence-corrected chi connectivity index (χ0v) is 16.5. The highest BCUT2D eigenvalue weighted by molar-refractivity contribution is 14.1. The van der Waals surface area contributed by atoms with Gasteiger partial charge in [0.05, 0.1) is 6.04 Å². The van der Waals surface area contributed by atoms with Crippen molar-refractivity contribution in [3.05, 3.63) is 61.7 Å². The van der Waals surface area contributed by atoms with E-state index in [-0.39, 0.29) is 6.04 Å². The second kappa shape index (κ2) is 5.66. The third-order valence-electron chi connectivity index (χ3n) is 5.15. The van der Waals surface area contributed by atoms with Gasteiger partial charge in [0.2, 0.25) is 6.79 Å². The molecule has 0 aromatic heterocycles. The summed E-state index contributed by atoms with van der Waals surface area (Å²) in [4.78, 5) is 0. The van der Waals surface area contributed by atoms with E-state index in [2.05, 4.69) is 80.3 Å². The number of rotatable bonds is 1. The van der Waals surface area contributed by atoms with Gasteiger partial charge in [-0.3, -0.25) is 0 Å². The maximum absolute atomic E-state index is 5.59. The average Bonchev–Trinajstić information content (AvgIpc) is 3.22. The summed E-state index contributed by atoms with van der Waals surface area (Å²) in [5, 5.41) is 3.77. The van der Waals surface area contributed by atoms with Gasteiger partial charge in [0, 0.05) is 19.6 Å². The standard InChI is InChI=1S/C19H15BrINO2/c20-15-8-18-17(23-9-24-18)7-14(15)19-12-3-1-2-11(12)13-6-10(21)4-5-16(13)22-19/h1-2,4-8,11-12,19,22H,3,9H2/t11-,12-,19+/m0/s1. The summed E-state index contributed by atoms with van der Waals surface area (Å²) >= 11 is 6.13. The van der Waals surface area contributed by atoms with Crippen molar-refractivity contribution in [3.8, 4) is 11.5 Å². The molecule has 1 aliphatic carbocycles. The van der Waals surface area contributed by atoms with E-state index in [4.69, 9.17) is 9.47 Å². The van der Waals surface area contributed by atoms with Gasteiger partial charge in [0.15, 0.2) is 11.5 Å². The molecule has 0 unspecified atom stereocenters. The van der Waals surface area contributed by atoms with E-state index in [1.54, 1.807) is 0 Å². The first-order chi connectivity index (χ1) is 11.7. The Balaban J connectivity index is 1.61. The van der Waals surface area contributed by atoms with Crippen molar-refractivity contribution in [1.29, 1.82) is 0 Å². The minimum atomic E-state index is 0.251. The highest BCUT2D eigenvalue weighted by Crippen LogP contribution is 2.52. The van der Waals surface area contributed by atoms with Crippen LogP contribution in [0.5, 0.6) is 11.5 Å². The second-order valence-electron chi connectivity index (χ2n) is 6.43. The van der Waals surface area contributed by atoms with Crippen LogP contribution in [0.25, 0.3) is 0 Å². The van der Waals surface area contributed by atoms with Crippen LogP contribution in [0.15, 0.2) is 47.0 Å². The number of ether oxygens (including phenoxy) is 2. The van der Waals surface area contributed by atoms with Crippen LogP contribution in [0, 0.1) is 9.49 Å². The van der Waals surface area contributed by atoms with Gasteiger partial charge >= 0.3 is 0 Å². The Hall–Kier alpha value is -1.21. The SMILES string of the molecule is Brc1cc2c(cc1[C@@H]1Nc3ccc(I)cc3[C@H]3C=CC[C@@H]31)OCO2. The Kier molecular flexibility index (Phi) is 3.56. The van der Waals surface area contributed by atoms with E-state index in [9.17, 15) is 0 Å². The lowest BCUT2D eigenvalue weighted by molar-refractivity contribution is 0.174. The molecule has 3 atom stereocenters. The molecular weight excluding hydrogens is 481 g/mol. The second-order valence-corrected chi connectivity index (χ2v) is 8.53. The maximum atomic E-state index is 5.59. The van der Waals surface area contributed by atoms with Crippen LogP contribution >= 0.6 is 38.5 Å². The summed E-state index contributed by atoms with van der Waals surface area (Å²) in [6.07, 6.45) is 5.78. The predicted molar refractivity (Wildman–Crippen MR) is 106 cm³/mol. The average molecular weight is 496 g/mol. The molecule has 0 saturated carbocycles. The number of allylic oxidation sites excluding steroid dienone is 2. The topological polar surface area (TPSA) is 30.5 Å². The van der Waals surface area contributed by atoms with Gasteiger partial charge in [-0.2, -0.15) is 0 Å². The van der Waals surface area contributed by atoms with E-state index < -0.39 is 0 Å². The molecule has 5 rings (SSSR count). The first kappa shape index (κ1) is 15.1. The van der Waals surface area contributed by atoms with Crippen molar-refractivity contribution in [3.63, 3.8) is 0 Å². The first-order valence-corrected chi connectivity index (χ1v) is 9.89. The molecule has 2 aromatic rings. The molecule has 2 aliphatic heterocycles. The molecular formula is C19H15BrINO2. The molecule has 0 fully saturated rings. The quantitative estimate of drug-likeness (QED) is 0.412. The van der Waals surface area contributed by atoms with Crippen molar-refractivity contribution in [1.82, 2.24) is 0 Å². The van der Waals surface area contributed by atoms with E-state index in [0.29, 0.717) is 18.6 Å². The molecule has 24 heavy (non-hydrogen) atoms. The molecule has 3 nitrogen and oxygen atoms in total. The van der Waals surface area contributed by atoms with Gasteiger partial charge in [-0.25, -0.2) is 0 Å². The Morgan fingerprint density at radius 1 is 1.08 bits per heavy atom. The highest BCUT2D eigenvalue weighted by atomic mass is 127. The Labute approximate surface area is 162 Å². The fourth-order valence-corrected chi connectivity index (χ4v) is 5.13. The Morgan fingerprint density at radius 3 is 2.79 bits per heavy atom. The molecule has 0 radical (unpaired) electrons. The summed E-state index contributed by atoms with van der Waals surface area (Å²) in [5.41, 5.74) is 3.88. The zero-order valence-electron chi connectivity index (χ0n) is 12.8. The molecule has 0 saturated heterocycles. The molecule has 122 valence electrons. The molecule has 2 heterocycles. The molecule has 0 bridgehead atoms. The monoisotopic (exact) mass is 495 g/mol. The fourth-order valence-electron chi connectivity index (χ4n) is 4.04. The van der Waals surface area contributed by atoms with Gasteiger partial charge in [0.1, 0.15) is 0 Å². The zero-order chi connectivity index (χ0) is 16.3. The van der Waals surface area contributed by atoms with E-state index >= 15 is 0 Å². The fraction of sp³-hybridized carbons (Fsp3) is 0.263. The summed E-state index contributed by atoms with van der Waals surface area (Å²) in [6.45, 7) is 0.304. The van der Waals surface area contributed by atoms with E-state index in [1.165, 1.54) is 20.4 Å². The third-order valence-corrected chi connectivity index (χ3v) is 6.51. The van der Waals surface area contributed by atoms with Gasteiger partial charge in [-0.1, -0.05) is 28.1 Å². The van der Waals surface area contributed by atoms with Crippen LogP contribution in [0.3, 0.4) is 0 Å². The van der Waals surface area contributed by atoms with Crippen molar-refractivity contribution < 1.29 is 9.47 Å². The number of fused-ring (bicyclic) bond motifs is 4. The van der Waals surface area contributed by atoms with Gasteiger partial charge < -0.3 is 14.8 Å². The summed E-state index contributed by atoms with van der Waals surface area (Å²) in [5.74, 6) is 2.65. The number of hydrogen-bond acceptors (Lipinski definition) is 3. The van der Waals surface area contributed by atoms with Crippen LogP contribution in [0.1, 0.15) is 29.5 Å². The highest BCUT2D eigenvalue weighted by Gasteiger charge is 2.39. The largest absolute Gasteiger partial charge is 0.454 e. The number of halogens is 2. The molecule has 0 amide bonds. The lowest BCUT2D eigenvalue weighted by Gasteiger charge is -2.38. The van der Waals surface area contributed by atoms with Crippen LogP contribution in [-0.2, 0) is 0 Å². The summed E-state index contributed by atoms with van der Waals surface area (Å²) < 4.78 is 13.4. The molecule has 2 aromatic carbocycles. The van der Waals surface area contributed by atoms with Crippen LogP contribution in [0.2, 0.25) is 0 Å². The van der Waals surface area contributed by atoms with Crippen LogP contribution in [-0.4, -0.2) is 6.79 Å². The van der Waals surface area contributed by atoms with Crippen molar-refractivity contribution >= 4 is 44.2 Å². The van der Waals surface area contributed by atoms with Crippen molar-refractivity contribution in [2.45, 2.75) is 18.4 Å². The van der Waals surface area contributed by atoms with Crippen LogP contribution < -0.4 is 14.8 Å². The summed E-state index contributed by atoms with van der Waals surface area (Å²) in [6, 6.07) is 11.1. The van der Waals surface area contributed by atoms with E-state index in [0.717, 1.165) is 22.4 Å². The summed E-state index contributed by atoms with van der Waals surface area (Å²) in [7, 11) is 0. The normalized spacial score (nSPS) is 26.0. The number of anilines is 1. The molecule has 0 spiro atoms. The molecule has 5 heteroatoms. The third kappa shape index (κ3) is 2.28. The first-order valence-electron chi connectivity index (χ1n) is 8.02. The predicted octanol–water partition coefficient (Wildman–Crippen LogP) is 5.61. The van der Waals surface area contributed by atoms with Crippen molar-refractivity contribution in [2.75, 3.05) is 12.1 Å². The molecule has 3 aliphatic rings. The van der Waals surface area contributed by atoms with Gasteiger partial charge in [-0.15, -0.1) is 0 Å². The molecule has 1 N–H and O–H groups in total. The van der Waals surface area contributed by atoms with Crippen molar-refractivity contribution in [2.24, 2.45) is 5.92 Å². The van der Waals surface area contributed by atoms with Gasteiger partial charge in [-0.05, 0) is 76.4 Å². The lowest BCUT2D eigenvalue weighted by atomic mass is 9.77. The number of benzene rings is 2. The van der Waals surface area contributed by atoms with Gasteiger partial charge in [0.25, 0.3) is 0 Å². The Morgan fingerprint density at radius 2 is 1.92 bits per heavy atom.